The lowest BCUT2D eigenvalue weighted by Crippen LogP contribution is -2.19. The van der Waals surface area contributed by atoms with Crippen LogP contribution in [0.1, 0.15) is 59.8 Å². The maximum Gasteiger partial charge on any atom is 0.0451 e. The van der Waals surface area contributed by atoms with Gasteiger partial charge in [-0.1, -0.05) is 42.8 Å². The quantitative estimate of drug-likeness (QED) is 0.619. The van der Waals surface area contributed by atoms with Crippen LogP contribution >= 0.6 is 15.9 Å². The van der Waals surface area contributed by atoms with E-state index in [0.29, 0.717) is 4.83 Å². The fourth-order valence-corrected chi connectivity index (χ4v) is 3.21. The minimum absolute atomic E-state index is 0.287. The molecule has 0 aliphatic rings. The van der Waals surface area contributed by atoms with E-state index in [1.165, 1.54) is 34.2 Å². The van der Waals surface area contributed by atoms with Crippen LogP contribution in [0, 0.1) is 33.1 Å². The normalized spacial score (nSPS) is 13.9. The van der Waals surface area contributed by atoms with Crippen LogP contribution in [0.15, 0.2) is 6.07 Å². The molecule has 0 saturated carbocycles. The Morgan fingerprint density at radius 1 is 1.06 bits per heavy atom. The molecule has 0 N–H and O–H groups in total. The van der Waals surface area contributed by atoms with Crippen molar-refractivity contribution in [2.45, 2.75) is 59.7 Å². The molecule has 0 spiro atoms. The van der Waals surface area contributed by atoms with Crippen molar-refractivity contribution < 1.29 is 0 Å². The zero-order chi connectivity index (χ0) is 13.4. The molecule has 1 atom stereocenters. The lowest BCUT2D eigenvalue weighted by Gasteiger charge is -2.32. The molecule has 0 nitrogen and oxygen atoms in total. The summed E-state index contributed by atoms with van der Waals surface area (Å²) in [5.41, 5.74) is 7.47. The molecule has 1 aromatic carbocycles. The molecule has 1 aromatic rings. The lowest BCUT2D eigenvalue weighted by atomic mass is 9.79. The smallest absolute Gasteiger partial charge is 0.0451 e. The molecule has 0 amide bonds. The molecule has 0 aromatic heterocycles. The third kappa shape index (κ3) is 2.76. The topological polar surface area (TPSA) is 0 Å². The number of hydrogen-bond acceptors (Lipinski definition) is 0. The Hall–Kier alpha value is -0.300. The van der Waals surface area contributed by atoms with E-state index in [-0.39, 0.29) is 5.41 Å². The first-order valence-corrected chi connectivity index (χ1v) is 7.35. The molecule has 0 radical (unpaired) electrons. The minimum Gasteiger partial charge on any atom is -0.0833 e. The molecule has 0 bridgehead atoms. The Labute approximate surface area is 115 Å². The number of aryl methyl sites for hydroxylation is 2. The highest BCUT2D eigenvalue weighted by Crippen LogP contribution is 2.46. The maximum atomic E-state index is 3.94. The molecule has 0 aliphatic carbocycles. The third-order valence-electron chi connectivity index (χ3n) is 4.27. The fourth-order valence-electron chi connectivity index (χ4n) is 2.20. The highest BCUT2D eigenvalue weighted by Gasteiger charge is 2.29. The molecule has 96 valence electrons. The summed E-state index contributed by atoms with van der Waals surface area (Å²) in [6.07, 6.45) is 1.18. The molecule has 0 saturated heterocycles. The monoisotopic (exact) mass is 296 g/mol. The van der Waals surface area contributed by atoms with Crippen LogP contribution in [0.2, 0.25) is 0 Å². The van der Waals surface area contributed by atoms with Gasteiger partial charge in [-0.15, -0.1) is 0 Å². The Kier molecular flexibility index (Phi) is 4.46. The summed E-state index contributed by atoms with van der Waals surface area (Å²) in [6, 6.07) is 2.30. The molecule has 1 heteroatoms. The van der Waals surface area contributed by atoms with Gasteiger partial charge in [-0.3, -0.25) is 0 Å². The zero-order valence-corrected chi connectivity index (χ0v) is 13.8. The number of halogens is 1. The molecular formula is C16H25Br. The van der Waals surface area contributed by atoms with Crippen molar-refractivity contribution in [1.82, 2.24) is 0 Å². The fraction of sp³-hybridized carbons (Fsp3) is 0.625. The van der Waals surface area contributed by atoms with Gasteiger partial charge in [0.2, 0.25) is 0 Å². The summed E-state index contributed by atoms with van der Waals surface area (Å²) >= 11 is 3.94. The standard InChI is InChI=1S/C16H25Br/c1-8-16(6,7)15(17)14-12(4)10(2)9-11(3)13(14)5/h9,15H,8H2,1-7H3. The molecule has 17 heavy (non-hydrogen) atoms. The molecule has 1 unspecified atom stereocenters. The number of rotatable bonds is 3. The highest BCUT2D eigenvalue weighted by molar-refractivity contribution is 9.09. The number of benzene rings is 1. The van der Waals surface area contributed by atoms with Crippen LogP contribution in [-0.4, -0.2) is 0 Å². The second kappa shape index (κ2) is 5.14. The average molecular weight is 297 g/mol. The average Bonchev–Trinajstić information content (AvgIpc) is 2.26. The largest absolute Gasteiger partial charge is 0.0833 e. The van der Waals surface area contributed by atoms with Crippen LogP contribution in [0.5, 0.6) is 0 Å². The summed E-state index contributed by atoms with van der Waals surface area (Å²) < 4.78 is 0. The van der Waals surface area contributed by atoms with Crippen molar-refractivity contribution >= 4 is 15.9 Å². The van der Waals surface area contributed by atoms with Gasteiger partial charge >= 0.3 is 0 Å². The predicted octanol–water partition coefficient (Wildman–Crippen LogP) is 5.79. The van der Waals surface area contributed by atoms with E-state index in [0.717, 1.165) is 0 Å². The van der Waals surface area contributed by atoms with Crippen molar-refractivity contribution in [3.63, 3.8) is 0 Å². The third-order valence-corrected chi connectivity index (χ3v) is 5.97. The van der Waals surface area contributed by atoms with Crippen molar-refractivity contribution in [2.75, 3.05) is 0 Å². The summed E-state index contributed by atoms with van der Waals surface area (Å²) in [6.45, 7) is 15.9. The van der Waals surface area contributed by atoms with E-state index in [4.69, 9.17) is 0 Å². The maximum absolute atomic E-state index is 3.94. The van der Waals surface area contributed by atoms with Gasteiger partial charge in [0.15, 0.2) is 0 Å². The first-order chi connectivity index (χ1) is 7.72. The van der Waals surface area contributed by atoms with Gasteiger partial charge < -0.3 is 0 Å². The Balaban J connectivity index is 3.41. The van der Waals surface area contributed by atoms with Gasteiger partial charge in [0.05, 0.1) is 0 Å². The second-order valence-electron chi connectivity index (χ2n) is 5.88. The molecule has 1 rings (SSSR count). The highest BCUT2D eigenvalue weighted by atomic mass is 79.9. The second-order valence-corrected chi connectivity index (χ2v) is 6.79. The van der Waals surface area contributed by atoms with Crippen molar-refractivity contribution in [3.8, 4) is 0 Å². The minimum atomic E-state index is 0.287. The van der Waals surface area contributed by atoms with E-state index in [1.54, 1.807) is 0 Å². The Bertz CT molecular complexity index is 390. The van der Waals surface area contributed by atoms with E-state index < -0.39 is 0 Å². The van der Waals surface area contributed by atoms with Crippen molar-refractivity contribution in [2.24, 2.45) is 5.41 Å². The lowest BCUT2D eigenvalue weighted by molar-refractivity contribution is 0.344. The first-order valence-electron chi connectivity index (χ1n) is 6.43. The van der Waals surface area contributed by atoms with E-state index in [2.05, 4.69) is 70.5 Å². The summed E-state index contributed by atoms with van der Waals surface area (Å²) in [7, 11) is 0. The van der Waals surface area contributed by atoms with Crippen LogP contribution in [0.3, 0.4) is 0 Å². The SMILES string of the molecule is CCC(C)(C)C(Br)c1c(C)c(C)cc(C)c1C. The van der Waals surface area contributed by atoms with Gasteiger partial charge in [-0.05, 0) is 67.3 Å². The van der Waals surface area contributed by atoms with Crippen molar-refractivity contribution in [3.05, 3.63) is 33.9 Å². The Morgan fingerprint density at radius 3 is 1.82 bits per heavy atom. The first kappa shape index (κ1) is 14.8. The van der Waals surface area contributed by atoms with Crippen LogP contribution in [0.25, 0.3) is 0 Å². The van der Waals surface area contributed by atoms with E-state index >= 15 is 0 Å². The molecular weight excluding hydrogens is 272 g/mol. The molecule has 0 heterocycles. The molecule has 0 fully saturated rings. The van der Waals surface area contributed by atoms with Gasteiger partial charge in [-0.25, -0.2) is 0 Å². The van der Waals surface area contributed by atoms with Crippen LogP contribution in [0.4, 0.5) is 0 Å². The van der Waals surface area contributed by atoms with Crippen molar-refractivity contribution in [1.29, 1.82) is 0 Å². The Morgan fingerprint density at radius 2 is 1.47 bits per heavy atom. The zero-order valence-electron chi connectivity index (χ0n) is 12.2. The summed E-state index contributed by atoms with van der Waals surface area (Å²) in [4.78, 5) is 0.429. The van der Waals surface area contributed by atoms with Gasteiger partial charge in [-0.2, -0.15) is 0 Å². The van der Waals surface area contributed by atoms with Crippen LogP contribution < -0.4 is 0 Å². The number of hydrogen-bond donors (Lipinski definition) is 0. The molecule has 0 aliphatic heterocycles. The van der Waals surface area contributed by atoms with Gasteiger partial charge in [0.1, 0.15) is 0 Å². The van der Waals surface area contributed by atoms with E-state index in [9.17, 15) is 0 Å². The van der Waals surface area contributed by atoms with Gasteiger partial charge in [0.25, 0.3) is 0 Å². The van der Waals surface area contributed by atoms with E-state index in [1.807, 2.05) is 0 Å². The number of alkyl halides is 1. The summed E-state index contributed by atoms with van der Waals surface area (Å²) in [5, 5.41) is 0. The van der Waals surface area contributed by atoms with Gasteiger partial charge in [0, 0.05) is 4.83 Å². The summed E-state index contributed by atoms with van der Waals surface area (Å²) in [5.74, 6) is 0. The van der Waals surface area contributed by atoms with Crippen LogP contribution in [-0.2, 0) is 0 Å². The predicted molar refractivity (Wildman–Crippen MR) is 81.1 cm³/mol.